The van der Waals surface area contributed by atoms with Crippen LogP contribution < -0.4 is 23.7 Å². The summed E-state index contributed by atoms with van der Waals surface area (Å²) in [5.74, 6) is 2.21. The third-order valence-corrected chi connectivity index (χ3v) is 4.65. The van der Waals surface area contributed by atoms with E-state index in [1.807, 2.05) is 0 Å². The van der Waals surface area contributed by atoms with Gasteiger partial charge in [0.1, 0.15) is 6.10 Å². The molecule has 1 aliphatic heterocycles. The first-order valence-corrected chi connectivity index (χ1v) is 9.37. The molecule has 1 aromatic heterocycles. The van der Waals surface area contributed by atoms with E-state index in [1.165, 1.54) is 25.6 Å². The van der Waals surface area contributed by atoms with Crippen molar-refractivity contribution in [2.75, 3.05) is 41.5 Å². The standard InChI is InChI=1S/C21H25N3O6/c1-26-16-9-14(10-17(27-2)21(16)29-4)5-6-20(25)24-8-7-15(13-24)30-19-12-22-11-18(23-19)28-3/h5-6,9-12,15H,7-8,13H2,1-4H3/b6-5+. The summed E-state index contributed by atoms with van der Waals surface area (Å²) in [6, 6.07) is 3.56. The molecular weight excluding hydrogens is 390 g/mol. The Bertz CT molecular complexity index is 892. The van der Waals surface area contributed by atoms with Gasteiger partial charge in [-0.05, 0) is 23.8 Å². The fourth-order valence-electron chi connectivity index (χ4n) is 3.15. The first-order chi connectivity index (χ1) is 14.6. The van der Waals surface area contributed by atoms with Crippen molar-refractivity contribution < 1.29 is 28.5 Å². The Hall–Kier alpha value is -3.49. The molecular formula is C21H25N3O6. The zero-order valence-electron chi connectivity index (χ0n) is 17.5. The molecule has 9 heteroatoms. The lowest BCUT2D eigenvalue weighted by Crippen LogP contribution is -2.29. The molecule has 0 N–H and O–H groups in total. The fraction of sp³-hybridized carbons (Fsp3) is 0.381. The van der Waals surface area contributed by atoms with Crippen molar-refractivity contribution in [3.05, 3.63) is 36.2 Å². The van der Waals surface area contributed by atoms with Gasteiger partial charge in [-0.25, -0.2) is 0 Å². The Morgan fingerprint density at radius 1 is 1.03 bits per heavy atom. The Labute approximate surface area is 175 Å². The van der Waals surface area contributed by atoms with Crippen LogP contribution in [0.5, 0.6) is 29.0 Å². The van der Waals surface area contributed by atoms with Gasteiger partial charge in [-0.2, -0.15) is 4.98 Å². The normalized spacial score (nSPS) is 15.9. The molecule has 0 aliphatic carbocycles. The minimum Gasteiger partial charge on any atom is -0.493 e. The van der Waals surface area contributed by atoms with E-state index < -0.39 is 0 Å². The molecule has 9 nitrogen and oxygen atoms in total. The number of carbonyl (C=O) groups is 1. The van der Waals surface area contributed by atoms with E-state index in [2.05, 4.69) is 9.97 Å². The first-order valence-electron chi connectivity index (χ1n) is 9.37. The molecule has 1 fully saturated rings. The maximum absolute atomic E-state index is 12.6. The van der Waals surface area contributed by atoms with Crippen molar-refractivity contribution in [2.24, 2.45) is 0 Å². The van der Waals surface area contributed by atoms with Crippen molar-refractivity contribution >= 4 is 12.0 Å². The van der Waals surface area contributed by atoms with Gasteiger partial charge < -0.3 is 28.6 Å². The Morgan fingerprint density at radius 3 is 2.37 bits per heavy atom. The van der Waals surface area contributed by atoms with E-state index >= 15 is 0 Å². The minimum atomic E-state index is -0.148. The van der Waals surface area contributed by atoms with Crippen molar-refractivity contribution in [3.8, 4) is 29.0 Å². The largest absolute Gasteiger partial charge is 0.493 e. The maximum atomic E-state index is 12.6. The highest BCUT2D eigenvalue weighted by atomic mass is 16.5. The Kier molecular flexibility index (Phi) is 6.95. The number of aromatic nitrogens is 2. The van der Waals surface area contributed by atoms with Crippen molar-refractivity contribution in [1.29, 1.82) is 0 Å². The van der Waals surface area contributed by atoms with Crippen molar-refractivity contribution in [2.45, 2.75) is 12.5 Å². The smallest absolute Gasteiger partial charge is 0.246 e. The summed E-state index contributed by atoms with van der Waals surface area (Å²) in [4.78, 5) is 22.5. The van der Waals surface area contributed by atoms with Gasteiger partial charge in [-0.1, -0.05) is 0 Å². The summed E-state index contributed by atoms with van der Waals surface area (Å²) >= 11 is 0. The number of methoxy groups -OCH3 is 4. The Balaban J connectivity index is 1.63. The number of rotatable bonds is 8. The molecule has 0 saturated carbocycles. The lowest BCUT2D eigenvalue weighted by molar-refractivity contribution is -0.125. The van der Waals surface area contributed by atoms with Crippen LogP contribution in [0.1, 0.15) is 12.0 Å². The zero-order valence-corrected chi connectivity index (χ0v) is 17.5. The van der Waals surface area contributed by atoms with Crippen LogP contribution in [0.2, 0.25) is 0 Å². The summed E-state index contributed by atoms with van der Waals surface area (Å²) in [6.07, 6.45) is 6.83. The predicted molar refractivity (Wildman–Crippen MR) is 109 cm³/mol. The summed E-state index contributed by atoms with van der Waals surface area (Å²) < 4.78 is 26.9. The molecule has 30 heavy (non-hydrogen) atoms. The van der Waals surface area contributed by atoms with E-state index in [9.17, 15) is 4.79 Å². The van der Waals surface area contributed by atoms with Gasteiger partial charge in [0, 0.05) is 19.0 Å². The lowest BCUT2D eigenvalue weighted by Gasteiger charge is -2.15. The highest BCUT2D eigenvalue weighted by Crippen LogP contribution is 2.38. The predicted octanol–water partition coefficient (Wildman–Crippen LogP) is 2.20. The molecule has 2 heterocycles. The van der Waals surface area contributed by atoms with Crippen LogP contribution in [0.15, 0.2) is 30.6 Å². The second kappa shape index (κ2) is 9.82. The van der Waals surface area contributed by atoms with E-state index in [4.69, 9.17) is 23.7 Å². The van der Waals surface area contributed by atoms with E-state index in [1.54, 1.807) is 44.4 Å². The monoisotopic (exact) mass is 415 g/mol. The molecule has 1 aliphatic rings. The summed E-state index contributed by atoms with van der Waals surface area (Å²) in [5, 5.41) is 0. The lowest BCUT2D eigenvalue weighted by atomic mass is 10.1. The second-order valence-corrected chi connectivity index (χ2v) is 6.50. The Morgan fingerprint density at radius 2 is 1.73 bits per heavy atom. The average molecular weight is 415 g/mol. The third kappa shape index (κ3) is 4.91. The van der Waals surface area contributed by atoms with Crippen LogP contribution in [0.3, 0.4) is 0 Å². The number of hydrogen-bond acceptors (Lipinski definition) is 8. The average Bonchev–Trinajstić information content (AvgIpc) is 3.25. The van der Waals surface area contributed by atoms with Crippen LogP contribution in [0.4, 0.5) is 0 Å². The van der Waals surface area contributed by atoms with E-state index in [0.717, 1.165) is 5.56 Å². The molecule has 1 amide bonds. The van der Waals surface area contributed by atoms with Gasteiger partial charge in [0.15, 0.2) is 11.5 Å². The number of nitrogens with zero attached hydrogens (tertiary/aromatic N) is 3. The van der Waals surface area contributed by atoms with Crippen LogP contribution in [-0.4, -0.2) is 68.4 Å². The summed E-state index contributed by atoms with van der Waals surface area (Å²) in [5.41, 5.74) is 0.761. The van der Waals surface area contributed by atoms with Crippen LogP contribution in [0.25, 0.3) is 6.08 Å². The number of carbonyl (C=O) groups excluding carboxylic acids is 1. The van der Waals surface area contributed by atoms with Gasteiger partial charge in [0.2, 0.25) is 23.4 Å². The molecule has 0 bridgehead atoms. The molecule has 1 unspecified atom stereocenters. The van der Waals surface area contributed by atoms with Gasteiger partial charge in [0.25, 0.3) is 0 Å². The van der Waals surface area contributed by atoms with E-state index in [-0.39, 0.29) is 12.0 Å². The van der Waals surface area contributed by atoms with Crippen molar-refractivity contribution in [3.63, 3.8) is 0 Å². The first kappa shape index (κ1) is 21.2. The molecule has 0 spiro atoms. The topological polar surface area (TPSA) is 92.2 Å². The third-order valence-electron chi connectivity index (χ3n) is 4.65. The summed E-state index contributed by atoms with van der Waals surface area (Å²) in [7, 11) is 6.16. The molecule has 2 aromatic rings. The molecule has 1 aromatic carbocycles. The number of ether oxygens (including phenoxy) is 5. The second-order valence-electron chi connectivity index (χ2n) is 6.50. The van der Waals surface area contributed by atoms with Crippen LogP contribution in [0, 0.1) is 0 Å². The van der Waals surface area contributed by atoms with Gasteiger partial charge >= 0.3 is 0 Å². The fourth-order valence-corrected chi connectivity index (χ4v) is 3.15. The number of benzene rings is 1. The molecule has 0 radical (unpaired) electrons. The van der Waals surface area contributed by atoms with Crippen LogP contribution in [-0.2, 0) is 4.79 Å². The van der Waals surface area contributed by atoms with Gasteiger partial charge in [-0.15, -0.1) is 0 Å². The number of hydrogen-bond donors (Lipinski definition) is 0. The highest BCUT2D eigenvalue weighted by Gasteiger charge is 2.27. The molecule has 1 saturated heterocycles. The van der Waals surface area contributed by atoms with Gasteiger partial charge in [-0.3, -0.25) is 9.78 Å². The highest BCUT2D eigenvalue weighted by molar-refractivity contribution is 5.92. The minimum absolute atomic E-state index is 0.105. The van der Waals surface area contributed by atoms with Gasteiger partial charge in [0.05, 0.1) is 47.4 Å². The molecule has 160 valence electrons. The summed E-state index contributed by atoms with van der Waals surface area (Å²) in [6.45, 7) is 1.07. The van der Waals surface area contributed by atoms with Crippen LogP contribution >= 0.6 is 0 Å². The quantitative estimate of drug-likeness (QED) is 0.606. The number of amides is 1. The zero-order chi connectivity index (χ0) is 21.5. The van der Waals surface area contributed by atoms with E-state index in [0.29, 0.717) is 48.5 Å². The molecule has 3 rings (SSSR count). The SMILES string of the molecule is COc1cncc(OC2CCN(C(=O)/C=C/c3cc(OC)c(OC)c(OC)c3)C2)n1. The molecule has 1 atom stereocenters. The number of likely N-dealkylation sites (tertiary alicyclic amines) is 1. The van der Waals surface area contributed by atoms with Crippen molar-refractivity contribution in [1.82, 2.24) is 14.9 Å². The maximum Gasteiger partial charge on any atom is 0.246 e.